The van der Waals surface area contributed by atoms with Crippen molar-refractivity contribution >= 4 is 26.2 Å². The summed E-state index contributed by atoms with van der Waals surface area (Å²) in [5.74, 6) is -0.0927. The van der Waals surface area contributed by atoms with Gasteiger partial charge in [0.15, 0.2) is 0 Å². The molecule has 0 bridgehead atoms. The van der Waals surface area contributed by atoms with Crippen LogP contribution in [0.1, 0.15) is 23.1 Å². The number of hydrogen-bond acceptors (Lipinski definition) is 2. The van der Waals surface area contributed by atoms with Gasteiger partial charge in [0.1, 0.15) is 0 Å². The Bertz CT molecular complexity index is 928. The third kappa shape index (κ3) is 7.18. The van der Waals surface area contributed by atoms with Gasteiger partial charge in [-0.15, -0.1) is 0 Å². The average Bonchev–Trinajstić information content (AvgIpc) is 2.82. The van der Waals surface area contributed by atoms with E-state index in [1.165, 1.54) is 11.1 Å². The molecule has 3 heteroatoms. The monoisotopic (exact) mass is 475 g/mol. The molecule has 0 aliphatic rings. The predicted molar refractivity (Wildman–Crippen MR) is 133 cm³/mol. The number of rotatable bonds is 11. The summed E-state index contributed by atoms with van der Waals surface area (Å²) < 4.78 is 1.04. The van der Waals surface area contributed by atoms with Crippen LogP contribution in [0.25, 0.3) is 6.08 Å². The first-order valence-electron chi connectivity index (χ1n) is 10.6. The van der Waals surface area contributed by atoms with Crippen molar-refractivity contribution in [3.63, 3.8) is 0 Å². The Labute approximate surface area is 193 Å². The van der Waals surface area contributed by atoms with Crippen molar-refractivity contribution < 1.29 is 5.11 Å². The molecular weight excluding hydrogens is 445 g/mol. The first-order valence-corrected chi connectivity index (χ1v) is 11.4. The van der Waals surface area contributed by atoms with Gasteiger partial charge in [-0.25, -0.2) is 0 Å². The topological polar surface area (TPSA) is 23.5 Å². The third-order valence-corrected chi connectivity index (χ3v) is 6.36. The SMILES string of the molecule is C=CC[C@H](C(=[Se])N(Cc1ccccc1)Cc1ccccc1)[C@H](O)/C=C/c1ccccc1. The molecule has 2 nitrogen and oxygen atoms in total. The van der Waals surface area contributed by atoms with Gasteiger partial charge in [-0.2, -0.15) is 0 Å². The molecule has 31 heavy (non-hydrogen) atoms. The summed E-state index contributed by atoms with van der Waals surface area (Å²) in [6.07, 6.45) is 5.80. The first kappa shape index (κ1) is 23.0. The van der Waals surface area contributed by atoms with E-state index in [2.05, 4.69) is 75.6 Å². The summed E-state index contributed by atoms with van der Waals surface area (Å²) in [6.45, 7) is 5.46. The Morgan fingerprint density at radius 2 is 1.32 bits per heavy atom. The predicted octanol–water partition coefficient (Wildman–Crippen LogP) is 5.25. The van der Waals surface area contributed by atoms with Crippen LogP contribution < -0.4 is 0 Å². The van der Waals surface area contributed by atoms with E-state index in [1.54, 1.807) is 0 Å². The summed E-state index contributed by atoms with van der Waals surface area (Å²) >= 11 is 3.28. The number of aliphatic hydroxyl groups is 1. The zero-order valence-corrected chi connectivity index (χ0v) is 19.4. The van der Waals surface area contributed by atoms with Crippen LogP contribution in [0.5, 0.6) is 0 Å². The zero-order chi connectivity index (χ0) is 21.9. The Morgan fingerprint density at radius 3 is 1.81 bits per heavy atom. The van der Waals surface area contributed by atoms with Gasteiger partial charge >= 0.3 is 194 Å². The second kappa shape index (κ2) is 12.2. The van der Waals surface area contributed by atoms with Crippen LogP contribution in [-0.2, 0) is 13.1 Å². The van der Waals surface area contributed by atoms with Crippen molar-refractivity contribution in [1.29, 1.82) is 0 Å². The van der Waals surface area contributed by atoms with Crippen LogP contribution in [0, 0.1) is 5.92 Å². The van der Waals surface area contributed by atoms with E-state index in [4.69, 9.17) is 0 Å². The van der Waals surface area contributed by atoms with Crippen molar-refractivity contribution in [2.24, 2.45) is 5.92 Å². The third-order valence-electron chi connectivity index (χ3n) is 5.18. The van der Waals surface area contributed by atoms with Gasteiger partial charge in [0.2, 0.25) is 0 Å². The van der Waals surface area contributed by atoms with Gasteiger partial charge in [-0.05, 0) is 0 Å². The zero-order valence-electron chi connectivity index (χ0n) is 17.7. The molecule has 0 fully saturated rings. The number of hydrogen-bond donors (Lipinski definition) is 1. The summed E-state index contributed by atoms with van der Waals surface area (Å²) in [5.41, 5.74) is 3.54. The Balaban J connectivity index is 1.82. The molecular formula is C28H29NOSe. The second-order valence-electron chi connectivity index (χ2n) is 7.56. The fourth-order valence-corrected chi connectivity index (χ4v) is 4.29. The molecule has 0 unspecified atom stereocenters. The molecule has 0 saturated carbocycles. The Morgan fingerprint density at radius 1 is 0.839 bits per heavy atom. The summed E-state index contributed by atoms with van der Waals surface area (Å²) in [4.78, 5) is 2.32. The van der Waals surface area contributed by atoms with E-state index in [9.17, 15) is 5.11 Å². The van der Waals surface area contributed by atoms with Gasteiger partial charge in [0.05, 0.1) is 0 Å². The molecule has 2 atom stereocenters. The van der Waals surface area contributed by atoms with Crippen molar-refractivity contribution in [3.05, 3.63) is 126 Å². The number of benzene rings is 3. The molecule has 0 amide bonds. The minimum atomic E-state index is -0.622. The normalized spacial score (nSPS) is 12.9. The van der Waals surface area contributed by atoms with E-state index in [0.717, 1.165) is 23.2 Å². The standard InChI is InChI=1S/C28H29NOSe/c1-2-12-26(27(30)20-19-23-13-6-3-7-14-23)28(31)29(21-24-15-8-4-9-16-24)22-25-17-10-5-11-18-25/h2-11,13-20,26-27,30H,1,12,21-22H2/b20-19+/t26-,27+/m0/s1. The number of aliphatic hydroxyl groups excluding tert-OH is 1. The van der Waals surface area contributed by atoms with Crippen LogP contribution in [0.3, 0.4) is 0 Å². The van der Waals surface area contributed by atoms with Gasteiger partial charge in [-0.3, -0.25) is 0 Å². The van der Waals surface area contributed by atoms with Crippen LogP contribution in [0.15, 0.2) is 110 Å². The van der Waals surface area contributed by atoms with Gasteiger partial charge < -0.3 is 0 Å². The summed E-state index contributed by atoms with van der Waals surface area (Å²) in [6, 6.07) is 30.9. The molecule has 0 spiro atoms. The maximum atomic E-state index is 11.1. The molecule has 0 aliphatic carbocycles. The molecule has 3 aromatic carbocycles. The number of allylic oxidation sites excluding steroid dienone is 1. The summed E-state index contributed by atoms with van der Waals surface area (Å²) in [7, 11) is 0. The Kier molecular flexibility index (Phi) is 9.05. The van der Waals surface area contributed by atoms with Crippen LogP contribution in [0.2, 0.25) is 0 Å². The first-order chi connectivity index (χ1) is 15.2. The molecule has 0 saturated heterocycles. The quantitative estimate of drug-likeness (QED) is 0.303. The van der Waals surface area contributed by atoms with E-state index in [0.29, 0.717) is 6.42 Å². The molecule has 0 aromatic heterocycles. The van der Waals surface area contributed by atoms with Crippen molar-refractivity contribution in [2.75, 3.05) is 0 Å². The molecule has 3 aromatic rings. The molecule has 1 N–H and O–H groups in total. The molecule has 0 aliphatic heterocycles. The molecule has 158 valence electrons. The number of nitrogens with zero attached hydrogens (tertiary/aromatic N) is 1. The fourth-order valence-electron chi connectivity index (χ4n) is 3.53. The molecule has 3 rings (SSSR count). The van der Waals surface area contributed by atoms with E-state index in [-0.39, 0.29) is 5.92 Å². The fraction of sp³-hybridized carbons (Fsp3) is 0.179. The Hall–Kier alpha value is -2.71. The van der Waals surface area contributed by atoms with Gasteiger partial charge in [0, 0.05) is 0 Å². The minimum absolute atomic E-state index is 0.0927. The molecule has 0 radical (unpaired) electrons. The van der Waals surface area contributed by atoms with E-state index < -0.39 is 6.10 Å². The van der Waals surface area contributed by atoms with Crippen molar-refractivity contribution in [1.82, 2.24) is 4.90 Å². The van der Waals surface area contributed by atoms with Crippen LogP contribution in [-0.4, -0.2) is 36.2 Å². The van der Waals surface area contributed by atoms with Crippen LogP contribution in [0.4, 0.5) is 0 Å². The van der Waals surface area contributed by atoms with E-state index in [1.807, 2.05) is 60.7 Å². The van der Waals surface area contributed by atoms with Gasteiger partial charge in [0.25, 0.3) is 0 Å². The van der Waals surface area contributed by atoms with Gasteiger partial charge in [-0.1, -0.05) is 0 Å². The van der Waals surface area contributed by atoms with Crippen LogP contribution >= 0.6 is 0 Å². The maximum absolute atomic E-state index is 11.1. The van der Waals surface area contributed by atoms with E-state index >= 15 is 0 Å². The van der Waals surface area contributed by atoms with Crippen molar-refractivity contribution in [2.45, 2.75) is 25.6 Å². The average molecular weight is 475 g/mol. The summed E-state index contributed by atoms with van der Waals surface area (Å²) in [5, 5.41) is 11.1. The van der Waals surface area contributed by atoms with Crippen molar-refractivity contribution in [3.8, 4) is 0 Å². The molecule has 0 heterocycles. The second-order valence-corrected chi connectivity index (χ2v) is 8.43.